The molecular weight excluding hydrogens is 200 g/mol. The highest BCUT2D eigenvalue weighted by atomic mass is 32.2. The monoisotopic (exact) mass is 222 g/mol. The van der Waals surface area contributed by atoms with Crippen LogP contribution in [-0.2, 0) is 5.41 Å². The maximum Gasteiger partial charge on any atom is 0.0104 e. The first-order valence-electron chi connectivity index (χ1n) is 5.54. The molecule has 0 radical (unpaired) electrons. The fraction of sp³-hybridized carbons (Fsp3) is 0.571. The Morgan fingerprint density at radius 3 is 2.13 bits per heavy atom. The molecule has 1 heteroatoms. The third-order valence-corrected chi connectivity index (χ3v) is 3.53. The Hall–Kier alpha value is -0.430. The van der Waals surface area contributed by atoms with Crippen molar-refractivity contribution in [2.45, 2.75) is 50.8 Å². The van der Waals surface area contributed by atoms with Gasteiger partial charge in [0.25, 0.3) is 0 Å². The van der Waals surface area contributed by atoms with E-state index in [1.807, 2.05) is 11.8 Å². The molecule has 0 aromatic heterocycles. The summed E-state index contributed by atoms with van der Waals surface area (Å²) in [4.78, 5) is 1.41. The van der Waals surface area contributed by atoms with Gasteiger partial charge < -0.3 is 0 Å². The summed E-state index contributed by atoms with van der Waals surface area (Å²) in [6, 6.07) is 6.90. The van der Waals surface area contributed by atoms with Crippen molar-refractivity contribution in [2.24, 2.45) is 0 Å². The second-order valence-electron chi connectivity index (χ2n) is 5.36. The van der Waals surface area contributed by atoms with E-state index in [0.717, 1.165) is 0 Å². The van der Waals surface area contributed by atoms with Crippen LogP contribution in [0.5, 0.6) is 0 Å². The zero-order chi connectivity index (χ0) is 11.6. The zero-order valence-corrected chi connectivity index (χ0v) is 11.5. The molecule has 0 spiro atoms. The van der Waals surface area contributed by atoms with Crippen molar-refractivity contribution in [1.82, 2.24) is 0 Å². The number of rotatable bonds is 2. The van der Waals surface area contributed by atoms with Crippen LogP contribution in [0.1, 0.15) is 51.7 Å². The standard InChI is InChI=1S/C14H22S/c1-10(2)12-9-11(14(3,4)5)7-8-13(12)15-6/h7-10H,1-6H3. The van der Waals surface area contributed by atoms with Gasteiger partial charge in [-0.25, -0.2) is 0 Å². The van der Waals surface area contributed by atoms with Gasteiger partial charge in [-0.15, -0.1) is 11.8 Å². The average molecular weight is 222 g/mol. The van der Waals surface area contributed by atoms with E-state index in [-0.39, 0.29) is 5.41 Å². The summed E-state index contributed by atoms with van der Waals surface area (Å²) < 4.78 is 0. The first-order chi connectivity index (χ1) is 6.86. The van der Waals surface area contributed by atoms with Crippen LogP contribution in [0.3, 0.4) is 0 Å². The van der Waals surface area contributed by atoms with E-state index < -0.39 is 0 Å². The van der Waals surface area contributed by atoms with E-state index in [1.165, 1.54) is 16.0 Å². The van der Waals surface area contributed by atoms with Crippen LogP contribution >= 0.6 is 11.8 Å². The van der Waals surface area contributed by atoms with Gasteiger partial charge in [-0.05, 0) is 34.8 Å². The van der Waals surface area contributed by atoms with Gasteiger partial charge in [0.2, 0.25) is 0 Å². The van der Waals surface area contributed by atoms with Gasteiger partial charge in [-0.1, -0.05) is 46.8 Å². The average Bonchev–Trinajstić information content (AvgIpc) is 2.15. The van der Waals surface area contributed by atoms with Crippen LogP contribution in [0.15, 0.2) is 23.1 Å². The van der Waals surface area contributed by atoms with Crippen molar-refractivity contribution in [3.8, 4) is 0 Å². The number of hydrogen-bond acceptors (Lipinski definition) is 1. The molecule has 15 heavy (non-hydrogen) atoms. The summed E-state index contributed by atoms with van der Waals surface area (Å²) in [5.74, 6) is 0.606. The molecule has 0 atom stereocenters. The molecule has 0 N–H and O–H groups in total. The number of thioether (sulfide) groups is 1. The highest BCUT2D eigenvalue weighted by Crippen LogP contribution is 2.32. The first-order valence-corrected chi connectivity index (χ1v) is 6.77. The maximum atomic E-state index is 2.37. The molecule has 0 heterocycles. The van der Waals surface area contributed by atoms with Gasteiger partial charge >= 0.3 is 0 Å². The van der Waals surface area contributed by atoms with Crippen LogP contribution in [0.25, 0.3) is 0 Å². The summed E-state index contributed by atoms with van der Waals surface area (Å²) in [6.45, 7) is 11.3. The van der Waals surface area contributed by atoms with Gasteiger partial charge in [0, 0.05) is 4.90 Å². The SMILES string of the molecule is CSc1ccc(C(C)(C)C)cc1C(C)C. The van der Waals surface area contributed by atoms with E-state index in [0.29, 0.717) is 5.92 Å². The van der Waals surface area contributed by atoms with Crippen molar-refractivity contribution in [3.05, 3.63) is 29.3 Å². The van der Waals surface area contributed by atoms with Gasteiger partial charge in [0.15, 0.2) is 0 Å². The highest BCUT2D eigenvalue weighted by Gasteiger charge is 2.16. The van der Waals surface area contributed by atoms with Crippen molar-refractivity contribution < 1.29 is 0 Å². The number of hydrogen-bond donors (Lipinski definition) is 0. The fourth-order valence-corrected chi connectivity index (χ4v) is 2.39. The minimum Gasteiger partial charge on any atom is -0.129 e. The summed E-state index contributed by atoms with van der Waals surface area (Å²) in [5, 5.41) is 0. The molecule has 0 amide bonds. The second kappa shape index (κ2) is 4.61. The molecule has 1 aromatic rings. The van der Waals surface area contributed by atoms with Crippen molar-refractivity contribution in [2.75, 3.05) is 6.26 Å². The summed E-state index contributed by atoms with van der Waals surface area (Å²) in [6.07, 6.45) is 2.15. The third kappa shape index (κ3) is 3.01. The maximum absolute atomic E-state index is 2.37. The molecule has 0 aliphatic heterocycles. The molecule has 1 aromatic carbocycles. The van der Waals surface area contributed by atoms with Crippen LogP contribution < -0.4 is 0 Å². The van der Waals surface area contributed by atoms with Crippen LogP contribution in [0.2, 0.25) is 0 Å². The van der Waals surface area contributed by atoms with E-state index in [1.54, 1.807) is 0 Å². The van der Waals surface area contributed by atoms with E-state index in [2.05, 4.69) is 59.1 Å². The molecule has 0 bridgehead atoms. The molecule has 0 saturated heterocycles. The van der Waals surface area contributed by atoms with Crippen molar-refractivity contribution >= 4 is 11.8 Å². The zero-order valence-electron chi connectivity index (χ0n) is 10.7. The Bertz CT molecular complexity index is 332. The summed E-state index contributed by atoms with van der Waals surface area (Å²) in [7, 11) is 0. The van der Waals surface area contributed by atoms with Crippen LogP contribution in [0, 0.1) is 0 Å². The van der Waals surface area contributed by atoms with Gasteiger partial charge in [-0.2, -0.15) is 0 Å². The lowest BCUT2D eigenvalue weighted by molar-refractivity contribution is 0.587. The van der Waals surface area contributed by atoms with Gasteiger partial charge in [0.05, 0.1) is 0 Å². The topological polar surface area (TPSA) is 0 Å². The predicted octanol–water partition coefficient (Wildman–Crippen LogP) is 4.83. The Kier molecular flexibility index (Phi) is 3.88. The van der Waals surface area contributed by atoms with E-state index >= 15 is 0 Å². The van der Waals surface area contributed by atoms with Crippen molar-refractivity contribution in [1.29, 1.82) is 0 Å². The minimum absolute atomic E-state index is 0.251. The largest absolute Gasteiger partial charge is 0.129 e. The lowest BCUT2D eigenvalue weighted by Gasteiger charge is -2.22. The van der Waals surface area contributed by atoms with Crippen molar-refractivity contribution in [3.63, 3.8) is 0 Å². The number of benzene rings is 1. The third-order valence-electron chi connectivity index (χ3n) is 2.72. The molecule has 84 valence electrons. The first kappa shape index (κ1) is 12.6. The Morgan fingerprint density at radius 2 is 1.73 bits per heavy atom. The summed E-state index contributed by atoms with van der Waals surface area (Å²) in [5.41, 5.74) is 3.17. The Labute approximate surface area is 98.5 Å². The van der Waals surface area contributed by atoms with Crippen LogP contribution in [0.4, 0.5) is 0 Å². The predicted molar refractivity (Wildman–Crippen MR) is 71.0 cm³/mol. The van der Waals surface area contributed by atoms with E-state index in [9.17, 15) is 0 Å². The molecule has 0 nitrogen and oxygen atoms in total. The lowest BCUT2D eigenvalue weighted by Crippen LogP contribution is -2.11. The normalized spacial score (nSPS) is 12.2. The molecule has 1 rings (SSSR count). The minimum atomic E-state index is 0.251. The second-order valence-corrected chi connectivity index (χ2v) is 6.21. The molecule has 0 saturated carbocycles. The Morgan fingerprint density at radius 1 is 1.13 bits per heavy atom. The molecule has 0 fully saturated rings. The fourth-order valence-electron chi connectivity index (χ4n) is 1.65. The lowest BCUT2D eigenvalue weighted by atomic mass is 9.85. The van der Waals surface area contributed by atoms with Gasteiger partial charge in [-0.3, -0.25) is 0 Å². The molecule has 0 aliphatic carbocycles. The smallest absolute Gasteiger partial charge is 0.0104 e. The molecular formula is C14H22S. The highest BCUT2D eigenvalue weighted by molar-refractivity contribution is 7.98. The molecule has 0 aliphatic rings. The van der Waals surface area contributed by atoms with E-state index in [4.69, 9.17) is 0 Å². The summed E-state index contributed by atoms with van der Waals surface area (Å²) >= 11 is 1.84. The quantitative estimate of drug-likeness (QED) is 0.646. The van der Waals surface area contributed by atoms with Crippen LogP contribution in [-0.4, -0.2) is 6.26 Å². The Balaban J connectivity index is 3.22. The molecule has 0 unspecified atom stereocenters. The van der Waals surface area contributed by atoms with Gasteiger partial charge in [0.1, 0.15) is 0 Å².